The third-order valence-electron chi connectivity index (χ3n) is 5.80. The Morgan fingerprint density at radius 1 is 0.824 bits per heavy atom. The lowest BCUT2D eigenvalue weighted by Crippen LogP contribution is -2.41. The molecule has 2 aliphatic heterocycles. The first-order valence-corrected chi connectivity index (χ1v) is 7.64. The molecule has 2 saturated carbocycles. The highest BCUT2D eigenvalue weighted by atomic mass is 16.6. The van der Waals surface area contributed by atoms with Gasteiger partial charge in [0, 0.05) is 6.61 Å². The highest BCUT2D eigenvalue weighted by molar-refractivity contribution is 5.00. The standard InChI is InChI=1S/C15H24O2/c1-2-8-16-15(5-1)6-3-11(4-7-15)12-9-13-14(10-12)17-13/h11-14H,1-10H2. The minimum atomic E-state index is 0.312. The monoisotopic (exact) mass is 236 g/mol. The quantitative estimate of drug-likeness (QED) is 0.652. The van der Waals surface area contributed by atoms with Crippen LogP contribution in [0.3, 0.4) is 0 Å². The van der Waals surface area contributed by atoms with E-state index in [1.807, 2.05) is 0 Å². The van der Waals surface area contributed by atoms with Gasteiger partial charge in [-0.2, -0.15) is 0 Å². The van der Waals surface area contributed by atoms with Crippen molar-refractivity contribution < 1.29 is 9.47 Å². The van der Waals surface area contributed by atoms with Gasteiger partial charge in [0.2, 0.25) is 0 Å². The molecule has 0 aromatic rings. The van der Waals surface area contributed by atoms with E-state index in [9.17, 15) is 0 Å². The van der Waals surface area contributed by atoms with E-state index in [2.05, 4.69) is 0 Å². The highest BCUT2D eigenvalue weighted by Crippen LogP contribution is 2.50. The fourth-order valence-corrected chi connectivity index (χ4v) is 4.61. The molecule has 1 spiro atoms. The largest absolute Gasteiger partial charge is 0.375 e. The maximum atomic E-state index is 6.12. The smallest absolute Gasteiger partial charge is 0.0844 e. The normalized spacial score (nSPS) is 53.6. The Labute approximate surface area is 104 Å². The minimum Gasteiger partial charge on any atom is -0.375 e. The molecule has 0 radical (unpaired) electrons. The maximum absolute atomic E-state index is 6.12. The molecule has 2 atom stereocenters. The second kappa shape index (κ2) is 3.96. The van der Waals surface area contributed by atoms with Gasteiger partial charge < -0.3 is 9.47 Å². The predicted molar refractivity (Wildman–Crippen MR) is 65.9 cm³/mol. The molecule has 2 saturated heterocycles. The number of rotatable bonds is 1. The molecule has 4 fully saturated rings. The summed E-state index contributed by atoms with van der Waals surface area (Å²) >= 11 is 0. The van der Waals surface area contributed by atoms with E-state index >= 15 is 0 Å². The Hall–Kier alpha value is -0.0800. The molecule has 0 N–H and O–H groups in total. The van der Waals surface area contributed by atoms with Crippen molar-refractivity contribution in [3.63, 3.8) is 0 Å². The first-order chi connectivity index (χ1) is 8.35. The van der Waals surface area contributed by atoms with Gasteiger partial charge in [-0.1, -0.05) is 0 Å². The van der Waals surface area contributed by atoms with Crippen LogP contribution in [0.2, 0.25) is 0 Å². The minimum absolute atomic E-state index is 0.312. The molecular formula is C15H24O2. The van der Waals surface area contributed by atoms with E-state index in [0.717, 1.165) is 18.4 Å². The van der Waals surface area contributed by atoms with Gasteiger partial charge in [-0.25, -0.2) is 0 Å². The Morgan fingerprint density at radius 3 is 2.24 bits per heavy atom. The Kier molecular flexibility index (Phi) is 2.52. The molecule has 0 bridgehead atoms. The Balaban J connectivity index is 1.34. The lowest BCUT2D eigenvalue weighted by Gasteiger charge is -2.44. The molecule has 2 unspecified atom stereocenters. The number of hydrogen-bond donors (Lipinski definition) is 0. The van der Waals surface area contributed by atoms with Crippen molar-refractivity contribution in [2.24, 2.45) is 11.8 Å². The van der Waals surface area contributed by atoms with Crippen LogP contribution in [0.15, 0.2) is 0 Å². The van der Waals surface area contributed by atoms with E-state index < -0.39 is 0 Å². The zero-order valence-corrected chi connectivity index (χ0v) is 10.7. The number of hydrogen-bond acceptors (Lipinski definition) is 2. The average molecular weight is 236 g/mol. The topological polar surface area (TPSA) is 21.8 Å². The molecule has 2 aliphatic carbocycles. The maximum Gasteiger partial charge on any atom is 0.0844 e. The number of ether oxygens (including phenoxy) is 2. The van der Waals surface area contributed by atoms with Gasteiger partial charge in [0.05, 0.1) is 17.8 Å². The van der Waals surface area contributed by atoms with Gasteiger partial charge in [-0.15, -0.1) is 0 Å². The van der Waals surface area contributed by atoms with Crippen molar-refractivity contribution in [1.29, 1.82) is 0 Å². The molecule has 96 valence electrons. The van der Waals surface area contributed by atoms with Crippen LogP contribution in [-0.2, 0) is 9.47 Å². The lowest BCUT2D eigenvalue weighted by atomic mass is 9.71. The van der Waals surface area contributed by atoms with Crippen molar-refractivity contribution in [2.45, 2.75) is 75.6 Å². The van der Waals surface area contributed by atoms with Crippen molar-refractivity contribution in [2.75, 3.05) is 6.61 Å². The summed E-state index contributed by atoms with van der Waals surface area (Å²) in [5.41, 5.74) is 0.312. The summed E-state index contributed by atoms with van der Waals surface area (Å²) in [6.07, 6.45) is 13.6. The Morgan fingerprint density at radius 2 is 1.59 bits per heavy atom. The van der Waals surface area contributed by atoms with Crippen LogP contribution in [0.4, 0.5) is 0 Å². The van der Waals surface area contributed by atoms with Crippen molar-refractivity contribution >= 4 is 0 Å². The Bertz CT molecular complexity index is 275. The summed E-state index contributed by atoms with van der Waals surface area (Å²) in [7, 11) is 0. The van der Waals surface area contributed by atoms with Crippen LogP contribution in [0, 0.1) is 11.8 Å². The zero-order chi connectivity index (χ0) is 11.3. The highest BCUT2D eigenvalue weighted by Gasteiger charge is 2.51. The third kappa shape index (κ3) is 1.94. The fraction of sp³-hybridized carbons (Fsp3) is 1.00. The van der Waals surface area contributed by atoms with E-state index in [1.165, 1.54) is 57.8 Å². The van der Waals surface area contributed by atoms with E-state index in [-0.39, 0.29) is 0 Å². The fourth-order valence-electron chi connectivity index (χ4n) is 4.61. The van der Waals surface area contributed by atoms with Gasteiger partial charge in [0.1, 0.15) is 0 Å². The number of fused-ring (bicyclic) bond motifs is 1. The van der Waals surface area contributed by atoms with Crippen LogP contribution in [-0.4, -0.2) is 24.4 Å². The second-order valence-corrected chi connectivity index (χ2v) is 6.77. The summed E-state index contributed by atoms with van der Waals surface area (Å²) in [6.45, 7) is 1.02. The molecule has 2 heteroatoms. The van der Waals surface area contributed by atoms with Crippen LogP contribution in [0.5, 0.6) is 0 Å². The number of epoxide rings is 1. The first kappa shape index (κ1) is 10.8. The zero-order valence-electron chi connectivity index (χ0n) is 10.7. The van der Waals surface area contributed by atoms with Crippen molar-refractivity contribution in [1.82, 2.24) is 0 Å². The van der Waals surface area contributed by atoms with Gasteiger partial charge in [-0.3, -0.25) is 0 Å². The molecule has 4 aliphatic rings. The summed E-state index contributed by atoms with van der Waals surface area (Å²) < 4.78 is 11.7. The van der Waals surface area contributed by atoms with E-state index in [1.54, 1.807) is 0 Å². The predicted octanol–water partition coefficient (Wildman–Crippen LogP) is 3.29. The first-order valence-electron chi connectivity index (χ1n) is 7.64. The SMILES string of the molecule is C1CCC2(CCC(C3CC4OC4C3)CC2)OC1. The second-order valence-electron chi connectivity index (χ2n) is 6.77. The summed E-state index contributed by atoms with van der Waals surface area (Å²) in [4.78, 5) is 0. The van der Waals surface area contributed by atoms with Gasteiger partial charge in [0.15, 0.2) is 0 Å². The van der Waals surface area contributed by atoms with Gasteiger partial charge in [-0.05, 0) is 69.6 Å². The van der Waals surface area contributed by atoms with E-state index in [0.29, 0.717) is 17.8 Å². The van der Waals surface area contributed by atoms with Crippen LogP contribution >= 0.6 is 0 Å². The molecule has 17 heavy (non-hydrogen) atoms. The molecule has 0 amide bonds. The van der Waals surface area contributed by atoms with Crippen LogP contribution < -0.4 is 0 Å². The molecule has 0 aromatic carbocycles. The molecular weight excluding hydrogens is 212 g/mol. The van der Waals surface area contributed by atoms with Crippen molar-refractivity contribution in [3.8, 4) is 0 Å². The molecule has 2 nitrogen and oxygen atoms in total. The van der Waals surface area contributed by atoms with Gasteiger partial charge >= 0.3 is 0 Å². The molecule has 0 aromatic heterocycles. The molecule has 4 rings (SSSR count). The van der Waals surface area contributed by atoms with E-state index in [4.69, 9.17) is 9.47 Å². The summed E-state index contributed by atoms with van der Waals surface area (Å²) in [5, 5.41) is 0. The summed E-state index contributed by atoms with van der Waals surface area (Å²) in [6, 6.07) is 0. The van der Waals surface area contributed by atoms with Crippen LogP contribution in [0.1, 0.15) is 57.8 Å². The average Bonchev–Trinajstić information content (AvgIpc) is 2.98. The lowest BCUT2D eigenvalue weighted by molar-refractivity contribution is -0.110. The molecule has 2 heterocycles. The third-order valence-corrected chi connectivity index (χ3v) is 5.80. The van der Waals surface area contributed by atoms with Crippen molar-refractivity contribution in [3.05, 3.63) is 0 Å². The van der Waals surface area contributed by atoms with Crippen LogP contribution in [0.25, 0.3) is 0 Å². The van der Waals surface area contributed by atoms with Gasteiger partial charge in [0.25, 0.3) is 0 Å². The summed E-state index contributed by atoms with van der Waals surface area (Å²) in [5.74, 6) is 1.97.